The Bertz CT molecular complexity index is 914. The van der Waals surface area contributed by atoms with Gasteiger partial charge in [0.1, 0.15) is 18.1 Å². The fourth-order valence-electron chi connectivity index (χ4n) is 2.51. The van der Waals surface area contributed by atoms with Crippen LogP contribution < -0.4 is 15.2 Å². The molecular weight excluding hydrogens is 328 g/mol. The summed E-state index contributed by atoms with van der Waals surface area (Å²) in [5.41, 5.74) is 9.67. The van der Waals surface area contributed by atoms with Crippen LogP contribution in [0, 0.1) is 13.8 Å². The fourth-order valence-corrected chi connectivity index (χ4v) is 2.51. The molecule has 0 unspecified atom stereocenters. The lowest BCUT2D eigenvalue weighted by atomic mass is 10.1. The van der Waals surface area contributed by atoms with Crippen LogP contribution in [0.1, 0.15) is 22.4 Å². The van der Waals surface area contributed by atoms with Crippen molar-refractivity contribution in [3.63, 3.8) is 0 Å². The molecule has 0 saturated carbocycles. The molecule has 2 aromatic carbocycles. The van der Waals surface area contributed by atoms with Gasteiger partial charge in [0.05, 0.1) is 25.2 Å². The third kappa shape index (κ3) is 4.22. The average Bonchev–Trinajstić information content (AvgIpc) is 2.97. The van der Waals surface area contributed by atoms with E-state index in [1.54, 1.807) is 24.2 Å². The van der Waals surface area contributed by atoms with Gasteiger partial charge in [-0.15, -0.1) is 0 Å². The molecule has 0 atom stereocenters. The lowest BCUT2D eigenvalue weighted by Crippen LogP contribution is -2.01. The predicted octanol–water partition coefficient (Wildman–Crippen LogP) is 3.55. The number of hydrogen-bond acceptors (Lipinski definition) is 5. The first-order valence-corrected chi connectivity index (χ1v) is 8.27. The van der Waals surface area contributed by atoms with Gasteiger partial charge >= 0.3 is 0 Å². The van der Waals surface area contributed by atoms with Gasteiger partial charge in [0.15, 0.2) is 0 Å². The molecule has 3 aromatic rings. The molecule has 0 saturated heterocycles. The first-order chi connectivity index (χ1) is 12.5. The number of hydrogen-bond donors (Lipinski definition) is 1. The molecule has 0 radical (unpaired) electrons. The Morgan fingerprint density at radius 3 is 2.58 bits per heavy atom. The minimum atomic E-state index is 0.357. The number of anilines is 1. The zero-order valence-corrected chi connectivity index (χ0v) is 15.1. The standard InChI is InChI=1S/C20H22N4O2/c1-14-4-7-18(8-5-14)26-13-17-10-16(6-9-19(17)25-3)11-22-24-12-15(2)23-20(24)21/h4-12H,13H2,1-3H3,(H2,21,23). The van der Waals surface area contributed by atoms with E-state index in [1.807, 2.05) is 56.3 Å². The average molecular weight is 350 g/mol. The number of imidazole rings is 1. The fraction of sp³-hybridized carbons (Fsp3) is 0.200. The second-order valence-electron chi connectivity index (χ2n) is 6.00. The predicted molar refractivity (Wildman–Crippen MR) is 103 cm³/mol. The highest BCUT2D eigenvalue weighted by Gasteiger charge is 2.06. The summed E-state index contributed by atoms with van der Waals surface area (Å²) in [5, 5.41) is 4.34. The minimum absolute atomic E-state index is 0.357. The lowest BCUT2D eigenvalue weighted by molar-refractivity contribution is 0.296. The normalized spacial score (nSPS) is 11.0. The quantitative estimate of drug-likeness (QED) is 0.690. The van der Waals surface area contributed by atoms with E-state index in [2.05, 4.69) is 10.1 Å². The molecular formula is C20H22N4O2. The van der Waals surface area contributed by atoms with Crippen molar-refractivity contribution in [3.8, 4) is 11.5 Å². The summed E-state index contributed by atoms with van der Waals surface area (Å²) in [4.78, 5) is 4.12. The highest BCUT2D eigenvalue weighted by Crippen LogP contribution is 2.22. The lowest BCUT2D eigenvalue weighted by Gasteiger charge is -2.11. The van der Waals surface area contributed by atoms with Gasteiger partial charge in [0.25, 0.3) is 0 Å². The zero-order valence-electron chi connectivity index (χ0n) is 15.1. The molecule has 6 nitrogen and oxygen atoms in total. The maximum Gasteiger partial charge on any atom is 0.221 e. The van der Waals surface area contributed by atoms with Crippen LogP contribution in [-0.2, 0) is 6.61 Å². The third-order valence-corrected chi connectivity index (χ3v) is 3.89. The molecule has 0 amide bonds. The molecule has 0 aliphatic carbocycles. The number of methoxy groups -OCH3 is 1. The third-order valence-electron chi connectivity index (χ3n) is 3.89. The first-order valence-electron chi connectivity index (χ1n) is 8.27. The van der Waals surface area contributed by atoms with Gasteiger partial charge in [0, 0.05) is 5.56 Å². The molecule has 0 aliphatic rings. The van der Waals surface area contributed by atoms with Gasteiger partial charge in [-0.25, -0.2) is 9.66 Å². The minimum Gasteiger partial charge on any atom is -0.496 e. The molecule has 1 heterocycles. The van der Waals surface area contributed by atoms with E-state index in [9.17, 15) is 0 Å². The Kier molecular flexibility index (Phi) is 5.22. The summed E-state index contributed by atoms with van der Waals surface area (Å²) in [5.74, 6) is 1.95. The number of nitrogen functional groups attached to an aromatic ring is 1. The van der Waals surface area contributed by atoms with Crippen molar-refractivity contribution in [2.24, 2.45) is 5.10 Å². The van der Waals surface area contributed by atoms with Gasteiger partial charge in [0.2, 0.25) is 5.95 Å². The molecule has 3 rings (SSSR count). The highest BCUT2D eigenvalue weighted by molar-refractivity contribution is 5.80. The number of rotatable bonds is 6. The molecule has 1 aromatic heterocycles. The van der Waals surface area contributed by atoms with E-state index in [0.29, 0.717) is 12.6 Å². The second-order valence-corrected chi connectivity index (χ2v) is 6.00. The largest absolute Gasteiger partial charge is 0.496 e. The Hall–Kier alpha value is -3.28. The van der Waals surface area contributed by atoms with Crippen LogP contribution >= 0.6 is 0 Å². The number of aromatic nitrogens is 2. The van der Waals surface area contributed by atoms with Crippen molar-refractivity contribution >= 4 is 12.2 Å². The topological polar surface area (TPSA) is 74.7 Å². The van der Waals surface area contributed by atoms with Crippen LogP contribution in [0.2, 0.25) is 0 Å². The molecule has 26 heavy (non-hydrogen) atoms. The second kappa shape index (κ2) is 7.74. The summed E-state index contributed by atoms with van der Waals surface area (Å²) in [6, 6.07) is 13.8. The first kappa shape index (κ1) is 17.5. The van der Waals surface area contributed by atoms with Crippen LogP contribution in [-0.4, -0.2) is 23.0 Å². The maximum atomic E-state index is 5.87. The number of nitrogens with zero attached hydrogens (tertiary/aromatic N) is 3. The number of benzene rings is 2. The van der Waals surface area contributed by atoms with Crippen molar-refractivity contribution < 1.29 is 9.47 Å². The van der Waals surface area contributed by atoms with E-state index in [1.165, 1.54) is 5.56 Å². The molecule has 0 aliphatic heterocycles. The number of nitrogens with two attached hydrogens (primary N) is 1. The SMILES string of the molecule is COc1ccc(C=Nn2cc(C)nc2N)cc1COc1ccc(C)cc1. The van der Waals surface area contributed by atoms with Crippen LogP contribution in [0.3, 0.4) is 0 Å². The van der Waals surface area contributed by atoms with E-state index in [0.717, 1.165) is 28.3 Å². The molecule has 0 fully saturated rings. The Morgan fingerprint density at radius 2 is 1.92 bits per heavy atom. The molecule has 0 bridgehead atoms. The van der Waals surface area contributed by atoms with Crippen molar-refractivity contribution in [2.45, 2.75) is 20.5 Å². The van der Waals surface area contributed by atoms with E-state index < -0.39 is 0 Å². The highest BCUT2D eigenvalue weighted by atomic mass is 16.5. The van der Waals surface area contributed by atoms with Gasteiger partial charge in [-0.2, -0.15) is 5.10 Å². The van der Waals surface area contributed by atoms with Gasteiger partial charge in [-0.1, -0.05) is 17.7 Å². The van der Waals surface area contributed by atoms with Gasteiger partial charge in [-0.05, 0) is 49.7 Å². The van der Waals surface area contributed by atoms with Crippen LogP contribution in [0.5, 0.6) is 11.5 Å². The summed E-state index contributed by atoms with van der Waals surface area (Å²) >= 11 is 0. The Balaban J connectivity index is 1.77. The van der Waals surface area contributed by atoms with Crippen molar-refractivity contribution in [2.75, 3.05) is 12.8 Å². The maximum absolute atomic E-state index is 5.87. The summed E-state index contributed by atoms with van der Waals surface area (Å²) < 4.78 is 12.8. The Labute approximate surface area is 152 Å². The van der Waals surface area contributed by atoms with Crippen molar-refractivity contribution in [3.05, 3.63) is 71.0 Å². The number of ether oxygens (including phenoxy) is 2. The summed E-state index contributed by atoms with van der Waals surface area (Å²) in [6.45, 7) is 4.32. The molecule has 2 N–H and O–H groups in total. The van der Waals surface area contributed by atoms with Crippen LogP contribution in [0.15, 0.2) is 53.8 Å². The van der Waals surface area contributed by atoms with Crippen molar-refractivity contribution in [1.82, 2.24) is 9.66 Å². The van der Waals surface area contributed by atoms with Crippen molar-refractivity contribution in [1.29, 1.82) is 0 Å². The smallest absolute Gasteiger partial charge is 0.221 e. The van der Waals surface area contributed by atoms with Crippen LogP contribution in [0.25, 0.3) is 0 Å². The monoisotopic (exact) mass is 350 g/mol. The zero-order chi connectivity index (χ0) is 18.5. The van der Waals surface area contributed by atoms with E-state index >= 15 is 0 Å². The number of aryl methyl sites for hydroxylation is 2. The molecule has 0 spiro atoms. The van der Waals surface area contributed by atoms with Crippen LogP contribution in [0.4, 0.5) is 5.95 Å². The Morgan fingerprint density at radius 1 is 1.15 bits per heavy atom. The van der Waals surface area contributed by atoms with E-state index in [-0.39, 0.29) is 0 Å². The summed E-state index contributed by atoms with van der Waals surface area (Å²) in [7, 11) is 1.65. The molecule has 6 heteroatoms. The van der Waals surface area contributed by atoms with E-state index in [4.69, 9.17) is 15.2 Å². The van der Waals surface area contributed by atoms with Gasteiger partial charge in [-0.3, -0.25) is 0 Å². The molecule has 134 valence electrons. The summed E-state index contributed by atoms with van der Waals surface area (Å²) in [6.07, 6.45) is 3.50. The van der Waals surface area contributed by atoms with Gasteiger partial charge < -0.3 is 15.2 Å².